The summed E-state index contributed by atoms with van der Waals surface area (Å²) in [6, 6.07) is 6.25. The zero-order valence-electron chi connectivity index (χ0n) is 10.6. The molecule has 0 heterocycles. The molecule has 1 amide bonds. The van der Waals surface area contributed by atoms with Crippen molar-refractivity contribution in [1.82, 2.24) is 0 Å². The number of amides is 1. The van der Waals surface area contributed by atoms with Crippen molar-refractivity contribution in [1.29, 1.82) is 0 Å². The molecule has 1 aromatic rings. The molecule has 0 aliphatic heterocycles. The number of nitrogens with one attached hydrogen (secondary N) is 1. The number of hydrogen-bond donors (Lipinski definition) is 1. The van der Waals surface area contributed by atoms with Crippen molar-refractivity contribution >= 4 is 11.6 Å². The van der Waals surface area contributed by atoms with Gasteiger partial charge in [-0.15, -0.1) is 0 Å². The fourth-order valence-corrected chi connectivity index (χ4v) is 2.49. The second-order valence-electron chi connectivity index (χ2n) is 4.80. The van der Waals surface area contributed by atoms with Gasteiger partial charge in [-0.2, -0.15) is 0 Å². The first kappa shape index (κ1) is 12.2. The number of hydrogen-bond acceptors (Lipinski definition) is 1. The van der Waals surface area contributed by atoms with E-state index in [9.17, 15) is 4.79 Å². The van der Waals surface area contributed by atoms with Crippen LogP contribution in [0.1, 0.15) is 50.2 Å². The number of rotatable bonds is 5. The largest absolute Gasteiger partial charge is 0.326 e. The average molecular weight is 231 g/mol. The van der Waals surface area contributed by atoms with Crippen LogP contribution in [0.4, 0.5) is 5.69 Å². The van der Waals surface area contributed by atoms with Crippen LogP contribution in [-0.2, 0) is 17.6 Å². The second kappa shape index (κ2) is 5.85. The van der Waals surface area contributed by atoms with Gasteiger partial charge in [0.2, 0.25) is 5.91 Å². The van der Waals surface area contributed by atoms with E-state index in [0.717, 1.165) is 37.8 Å². The van der Waals surface area contributed by atoms with E-state index in [-0.39, 0.29) is 5.91 Å². The van der Waals surface area contributed by atoms with E-state index in [1.807, 2.05) is 12.1 Å². The molecule has 92 valence electrons. The third kappa shape index (κ3) is 3.09. The predicted molar refractivity (Wildman–Crippen MR) is 71.2 cm³/mol. The Morgan fingerprint density at radius 2 is 2.18 bits per heavy atom. The van der Waals surface area contributed by atoms with E-state index in [4.69, 9.17) is 0 Å². The van der Waals surface area contributed by atoms with E-state index in [1.54, 1.807) is 0 Å². The van der Waals surface area contributed by atoms with Crippen LogP contribution < -0.4 is 5.32 Å². The lowest BCUT2D eigenvalue weighted by Crippen LogP contribution is -2.12. The van der Waals surface area contributed by atoms with Crippen LogP contribution in [0.2, 0.25) is 0 Å². The number of carbonyl (C=O) groups is 1. The van der Waals surface area contributed by atoms with Gasteiger partial charge in [-0.1, -0.05) is 31.9 Å². The number of carbonyl (C=O) groups excluding carboxylic acids is 1. The highest BCUT2D eigenvalue weighted by molar-refractivity contribution is 5.91. The molecule has 0 saturated heterocycles. The maximum absolute atomic E-state index is 11.8. The smallest absolute Gasteiger partial charge is 0.224 e. The van der Waals surface area contributed by atoms with Crippen LogP contribution in [0.15, 0.2) is 18.2 Å². The molecule has 1 N–H and O–H groups in total. The zero-order valence-corrected chi connectivity index (χ0v) is 10.6. The topological polar surface area (TPSA) is 29.1 Å². The summed E-state index contributed by atoms with van der Waals surface area (Å²) < 4.78 is 0. The monoisotopic (exact) mass is 231 g/mol. The molecule has 17 heavy (non-hydrogen) atoms. The molecule has 0 spiro atoms. The first-order valence-electron chi connectivity index (χ1n) is 6.72. The number of fused-ring (bicyclic) bond motifs is 1. The molecule has 0 radical (unpaired) electrons. The minimum Gasteiger partial charge on any atom is -0.326 e. The quantitative estimate of drug-likeness (QED) is 0.769. The number of anilines is 1. The molecule has 1 aliphatic carbocycles. The van der Waals surface area contributed by atoms with Gasteiger partial charge in [0.1, 0.15) is 0 Å². The first-order valence-corrected chi connectivity index (χ1v) is 6.72. The molecule has 2 nitrogen and oxygen atoms in total. The van der Waals surface area contributed by atoms with Gasteiger partial charge in [0.15, 0.2) is 0 Å². The Morgan fingerprint density at radius 1 is 1.29 bits per heavy atom. The fourth-order valence-electron chi connectivity index (χ4n) is 2.49. The van der Waals surface area contributed by atoms with Crippen LogP contribution in [0, 0.1) is 0 Å². The molecule has 0 bridgehead atoms. The number of aryl methyl sites for hydroxylation is 1. The molecule has 1 aliphatic rings. The van der Waals surface area contributed by atoms with Gasteiger partial charge in [-0.25, -0.2) is 0 Å². The molecular formula is C15H21NO. The molecular weight excluding hydrogens is 210 g/mol. The van der Waals surface area contributed by atoms with Gasteiger partial charge in [-0.05, 0) is 42.9 Å². The Labute approximate surface area is 103 Å². The van der Waals surface area contributed by atoms with Gasteiger partial charge in [-0.3, -0.25) is 4.79 Å². The van der Waals surface area contributed by atoms with Gasteiger partial charge >= 0.3 is 0 Å². The third-order valence-electron chi connectivity index (χ3n) is 3.43. The molecule has 1 aromatic carbocycles. The molecule has 0 saturated carbocycles. The third-order valence-corrected chi connectivity index (χ3v) is 3.43. The lowest BCUT2D eigenvalue weighted by molar-refractivity contribution is -0.116. The van der Waals surface area contributed by atoms with Gasteiger partial charge in [0.05, 0.1) is 0 Å². The summed E-state index contributed by atoms with van der Waals surface area (Å²) in [7, 11) is 0. The van der Waals surface area contributed by atoms with Crippen LogP contribution >= 0.6 is 0 Å². The van der Waals surface area contributed by atoms with E-state index < -0.39 is 0 Å². The first-order chi connectivity index (χ1) is 8.31. The van der Waals surface area contributed by atoms with Crippen LogP contribution in [-0.4, -0.2) is 5.91 Å². The van der Waals surface area contributed by atoms with Crippen molar-refractivity contribution in [3.63, 3.8) is 0 Å². The summed E-state index contributed by atoms with van der Waals surface area (Å²) in [4.78, 5) is 11.8. The normalized spacial score (nSPS) is 13.5. The highest BCUT2D eigenvalue weighted by atomic mass is 16.1. The molecule has 0 aromatic heterocycles. The van der Waals surface area contributed by atoms with Gasteiger partial charge < -0.3 is 5.32 Å². The maximum Gasteiger partial charge on any atom is 0.224 e. The molecule has 0 atom stereocenters. The summed E-state index contributed by atoms with van der Waals surface area (Å²) in [6.45, 7) is 2.15. The average Bonchev–Trinajstić information content (AvgIpc) is 2.78. The molecule has 0 unspecified atom stereocenters. The summed E-state index contributed by atoms with van der Waals surface area (Å²) in [6.07, 6.45) is 7.44. The van der Waals surface area contributed by atoms with Crippen molar-refractivity contribution in [2.45, 2.75) is 51.9 Å². The maximum atomic E-state index is 11.8. The highest BCUT2D eigenvalue weighted by Crippen LogP contribution is 2.28. The van der Waals surface area contributed by atoms with E-state index >= 15 is 0 Å². The molecule has 2 heteroatoms. The summed E-state index contributed by atoms with van der Waals surface area (Å²) >= 11 is 0. The van der Waals surface area contributed by atoms with Crippen molar-refractivity contribution in [3.05, 3.63) is 29.3 Å². The van der Waals surface area contributed by atoms with Gasteiger partial charge in [0.25, 0.3) is 0 Å². The lowest BCUT2D eigenvalue weighted by atomic mass is 10.1. The minimum absolute atomic E-state index is 0.166. The summed E-state index contributed by atoms with van der Waals surface area (Å²) in [5, 5.41) is 3.06. The van der Waals surface area contributed by atoms with Crippen LogP contribution in [0.5, 0.6) is 0 Å². The Balaban J connectivity index is 1.95. The lowest BCUT2D eigenvalue weighted by Gasteiger charge is -2.10. The minimum atomic E-state index is 0.166. The summed E-state index contributed by atoms with van der Waals surface area (Å²) in [5.41, 5.74) is 3.81. The standard InChI is InChI=1S/C15H21NO/c1-2-3-4-11-15(17)16-14-10-6-8-12-7-5-9-13(12)14/h6,8,10H,2-5,7,9,11H2,1H3,(H,16,17). The van der Waals surface area contributed by atoms with Crippen molar-refractivity contribution in [3.8, 4) is 0 Å². The van der Waals surface area contributed by atoms with E-state index in [2.05, 4.69) is 18.3 Å². The Hall–Kier alpha value is -1.31. The SMILES string of the molecule is CCCCCC(=O)Nc1cccc2c1CCC2. The Kier molecular flexibility index (Phi) is 4.18. The summed E-state index contributed by atoms with van der Waals surface area (Å²) in [5.74, 6) is 0.166. The number of unbranched alkanes of at least 4 members (excludes halogenated alkanes) is 2. The number of benzene rings is 1. The predicted octanol–water partition coefficient (Wildman–Crippen LogP) is 3.69. The second-order valence-corrected chi connectivity index (χ2v) is 4.80. The van der Waals surface area contributed by atoms with Crippen molar-refractivity contribution in [2.24, 2.45) is 0 Å². The van der Waals surface area contributed by atoms with Gasteiger partial charge in [0, 0.05) is 12.1 Å². The van der Waals surface area contributed by atoms with Crippen molar-refractivity contribution in [2.75, 3.05) is 5.32 Å². The Bertz CT molecular complexity index is 398. The fraction of sp³-hybridized carbons (Fsp3) is 0.533. The van der Waals surface area contributed by atoms with E-state index in [1.165, 1.54) is 17.5 Å². The van der Waals surface area contributed by atoms with Crippen molar-refractivity contribution < 1.29 is 4.79 Å². The van der Waals surface area contributed by atoms with E-state index in [0.29, 0.717) is 6.42 Å². The highest BCUT2D eigenvalue weighted by Gasteiger charge is 2.15. The zero-order chi connectivity index (χ0) is 12.1. The molecule has 2 rings (SSSR count). The molecule has 0 fully saturated rings. The Morgan fingerprint density at radius 3 is 3.00 bits per heavy atom. The van der Waals surface area contributed by atoms with Crippen LogP contribution in [0.25, 0.3) is 0 Å². The van der Waals surface area contributed by atoms with Crippen LogP contribution in [0.3, 0.4) is 0 Å².